The maximum atomic E-state index is 13.1. The van der Waals surface area contributed by atoms with Gasteiger partial charge >= 0.3 is 0 Å². The molecule has 0 radical (unpaired) electrons. The lowest BCUT2D eigenvalue weighted by Gasteiger charge is -2.43. The quantitative estimate of drug-likeness (QED) is 0.705. The zero-order chi connectivity index (χ0) is 20.0. The lowest BCUT2D eigenvalue weighted by molar-refractivity contribution is -0.124. The Kier molecular flexibility index (Phi) is 4.04. The van der Waals surface area contributed by atoms with Crippen molar-refractivity contribution >= 4 is 28.4 Å². The van der Waals surface area contributed by atoms with Gasteiger partial charge < -0.3 is 15.1 Å². The van der Waals surface area contributed by atoms with Gasteiger partial charge in [0.25, 0.3) is 5.91 Å². The molecule has 2 saturated heterocycles. The second-order valence-electron chi connectivity index (χ2n) is 7.88. The minimum Gasteiger partial charge on any atom is -0.339 e. The van der Waals surface area contributed by atoms with Crippen LogP contribution in [0.2, 0.25) is 0 Å². The van der Waals surface area contributed by atoms with E-state index in [1.807, 2.05) is 54.3 Å². The number of hydrogen-bond acceptors (Lipinski definition) is 4. The van der Waals surface area contributed by atoms with Crippen molar-refractivity contribution in [1.82, 2.24) is 20.4 Å². The van der Waals surface area contributed by atoms with Gasteiger partial charge in [0.2, 0.25) is 5.91 Å². The Labute approximate surface area is 168 Å². The van der Waals surface area contributed by atoms with Gasteiger partial charge in [-0.15, -0.1) is 0 Å². The van der Waals surface area contributed by atoms with Crippen molar-refractivity contribution < 1.29 is 9.59 Å². The number of H-pyrrole nitrogens is 1. The minimum atomic E-state index is -0.581. The van der Waals surface area contributed by atoms with Crippen LogP contribution in [0.15, 0.2) is 48.7 Å². The lowest BCUT2D eigenvalue weighted by atomic mass is 9.85. The monoisotopic (exact) mass is 389 g/mol. The summed E-state index contributed by atoms with van der Waals surface area (Å²) in [5, 5.41) is 11.0. The van der Waals surface area contributed by atoms with E-state index in [0.29, 0.717) is 38.2 Å². The van der Waals surface area contributed by atoms with E-state index in [-0.39, 0.29) is 11.8 Å². The number of carbonyl (C=O) groups excluding carboxylic acids is 2. The highest BCUT2D eigenvalue weighted by Gasteiger charge is 2.50. The maximum Gasteiger partial charge on any atom is 0.253 e. The molecular weight excluding hydrogens is 366 g/mol. The molecule has 7 nitrogen and oxygen atoms in total. The average molecular weight is 389 g/mol. The number of nitrogens with zero attached hydrogens (tertiary/aromatic N) is 3. The van der Waals surface area contributed by atoms with Crippen LogP contribution in [0.4, 0.5) is 5.69 Å². The Bertz CT molecular complexity index is 1080. The Morgan fingerprint density at radius 2 is 1.90 bits per heavy atom. The molecule has 2 aromatic carbocycles. The minimum absolute atomic E-state index is 0.00992. The molecule has 2 fully saturated rings. The van der Waals surface area contributed by atoms with Crippen LogP contribution >= 0.6 is 0 Å². The predicted molar refractivity (Wildman–Crippen MR) is 111 cm³/mol. The number of fused-ring (bicyclic) bond motifs is 1. The summed E-state index contributed by atoms with van der Waals surface area (Å²) >= 11 is 0. The SMILES string of the molecule is Cc1cc(C(=O)N2CCC3(CC2)C(=O)NCN3c2ccccc2)cc2cn[nH]c12. The molecule has 0 unspecified atom stereocenters. The topological polar surface area (TPSA) is 81.3 Å². The van der Waals surface area contributed by atoms with Gasteiger partial charge in [-0.1, -0.05) is 18.2 Å². The molecule has 0 atom stereocenters. The molecule has 2 aliphatic rings. The molecule has 0 bridgehead atoms. The number of likely N-dealkylation sites (tertiary alicyclic amines) is 1. The number of rotatable bonds is 2. The summed E-state index contributed by atoms with van der Waals surface area (Å²) in [5.41, 5.74) is 3.08. The Balaban J connectivity index is 1.37. The van der Waals surface area contributed by atoms with Crippen LogP contribution in [-0.2, 0) is 4.79 Å². The molecular formula is C22H23N5O2. The lowest BCUT2D eigenvalue weighted by Crippen LogP contribution is -2.57. The summed E-state index contributed by atoms with van der Waals surface area (Å²) in [6.07, 6.45) is 2.98. The molecule has 1 aromatic heterocycles. The number of aromatic amines is 1. The zero-order valence-electron chi connectivity index (χ0n) is 16.3. The summed E-state index contributed by atoms with van der Waals surface area (Å²) in [6.45, 7) is 3.59. The number of piperidine rings is 1. The van der Waals surface area contributed by atoms with Crippen molar-refractivity contribution in [1.29, 1.82) is 0 Å². The third-order valence-electron chi connectivity index (χ3n) is 6.28. The summed E-state index contributed by atoms with van der Waals surface area (Å²) < 4.78 is 0. The van der Waals surface area contributed by atoms with Crippen molar-refractivity contribution in [2.24, 2.45) is 0 Å². The average Bonchev–Trinajstić information content (AvgIpc) is 3.35. The fraction of sp³-hybridized carbons (Fsp3) is 0.318. The van der Waals surface area contributed by atoms with E-state index >= 15 is 0 Å². The molecule has 148 valence electrons. The highest BCUT2D eigenvalue weighted by atomic mass is 16.2. The van der Waals surface area contributed by atoms with Crippen LogP contribution in [0.5, 0.6) is 0 Å². The first-order valence-electron chi connectivity index (χ1n) is 9.92. The van der Waals surface area contributed by atoms with Crippen LogP contribution in [0.25, 0.3) is 10.9 Å². The summed E-state index contributed by atoms with van der Waals surface area (Å²) in [4.78, 5) is 29.9. The first-order chi connectivity index (χ1) is 14.1. The van der Waals surface area contributed by atoms with Gasteiger partial charge in [0, 0.05) is 29.7 Å². The van der Waals surface area contributed by atoms with Crippen LogP contribution in [0.3, 0.4) is 0 Å². The van der Waals surface area contributed by atoms with Gasteiger partial charge in [0.15, 0.2) is 0 Å². The molecule has 7 heteroatoms. The standard InChI is InChI=1S/C22H23N5O2/c1-15-11-16(12-17-13-24-25-19(15)17)20(28)26-9-7-22(8-10-26)21(29)23-14-27(22)18-5-3-2-4-6-18/h2-6,11-13H,7-10,14H2,1H3,(H,23,29)(H,24,25). The number of anilines is 1. The number of aromatic nitrogens is 2. The Hall–Kier alpha value is -3.35. The molecule has 2 amide bonds. The fourth-order valence-corrected chi connectivity index (χ4v) is 4.65. The van der Waals surface area contributed by atoms with Crippen molar-refractivity contribution in [3.63, 3.8) is 0 Å². The van der Waals surface area contributed by atoms with Crippen LogP contribution in [-0.4, -0.2) is 52.2 Å². The van der Waals surface area contributed by atoms with Gasteiger partial charge in [-0.25, -0.2) is 0 Å². The summed E-state index contributed by atoms with van der Waals surface area (Å²) in [7, 11) is 0. The molecule has 2 N–H and O–H groups in total. The third-order valence-corrected chi connectivity index (χ3v) is 6.28. The zero-order valence-corrected chi connectivity index (χ0v) is 16.3. The van der Waals surface area contributed by atoms with Crippen molar-refractivity contribution in [2.45, 2.75) is 25.3 Å². The Morgan fingerprint density at radius 1 is 1.14 bits per heavy atom. The molecule has 3 heterocycles. The first kappa shape index (κ1) is 17.7. The number of aryl methyl sites for hydroxylation is 1. The second-order valence-corrected chi connectivity index (χ2v) is 7.88. The highest BCUT2D eigenvalue weighted by molar-refractivity contribution is 5.99. The van der Waals surface area contributed by atoms with E-state index in [1.54, 1.807) is 6.20 Å². The molecule has 29 heavy (non-hydrogen) atoms. The van der Waals surface area contributed by atoms with Gasteiger partial charge in [-0.05, 0) is 49.6 Å². The number of amides is 2. The molecule has 2 aliphatic heterocycles. The van der Waals surface area contributed by atoms with Crippen LogP contribution in [0, 0.1) is 6.92 Å². The first-order valence-corrected chi connectivity index (χ1v) is 9.92. The van der Waals surface area contributed by atoms with Gasteiger partial charge in [0.05, 0.1) is 18.4 Å². The molecule has 5 rings (SSSR count). The van der Waals surface area contributed by atoms with E-state index in [4.69, 9.17) is 0 Å². The molecule has 1 spiro atoms. The van der Waals surface area contributed by atoms with E-state index in [1.165, 1.54) is 0 Å². The molecule has 0 saturated carbocycles. The fourth-order valence-electron chi connectivity index (χ4n) is 4.65. The van der Waals surface area contributed by atoms with Crippen molar-refractivity contribution in [3.8, 4) is 0 Å². The molecule has 3 aromatic rings. The number of para-hydroxylation sites is 1. The van der Waals surface area contributed by atoms with E-state index in [2.05, 4.69) is 20.4 Å². The van der Waals surface area contributed by atoms with Crippen LogP contribution < -0.4 is 10.2 Å². The van der Waals surface area contributed by atoms with Gasteiger partial charge in [0.1, 0.15) is 5.54 Å². The number of hydrogen-bond donors (Lipinski definition) is 2. The van der Waals surface area contributed by atoms with E-state index in [9.17, 15) is 9.59 Å². The number of benzene rings is 2. The van der Waals surface area contributed by atoms with E-state index < -0.39 is 5.54 Å². The Morgan fingerprint density at radius 3 is 2.66 bits per heavy atom. The third kappa shape index (κ3) is 2.76. The predicted octanol–water partition coefficient (Wildman–Crippen LogP) is 2.44. The maximum absolute atomic E-state index is 13.1. The second kappa shape index (κ2) is 6.62. The number of carbonyl (C=O) groups is 2. The van der Waals surface area contributed by atoms with Gasteiger partial charge in [-0.3, -0.25) is 14.7 Å². The molecule has 0 aliphatic carbocycles. The van der Waals surface area contributed by atoms with Crippen LogP contribution in [0.1, 0.15) is 28.8 Å². The van der Waals surface area contributed by atoms with Gasteiger partial charge in [-0.2, -0.15) is 5.10 Å². The largest absolute Gasteiger partial charge is 0.339 e. The normalized spacial score (nSPS) is 18.4. The highest BCUT2D eigenvalue weighted by Crippen LogP contribution is 2.36. The smallest absolute Gasteiger partial charge is 0.253 e. The van der Waals surface area contributed by atoms with Crippen molar-refractivity contribution in [2.75, 3.05) is 24.7 Å². The van der Waals surface area contributed by atoms with E-state index in [0.717, 1.165) is 22.2 Å². The number of nitrogens with one attached hydrogen (secondary N) is 2. The van der Waals surface area contributed by atoms with Crippen molar-refractivity contribution in [3.05, 3.63) is 59.8 Å². The summed E-state index contributed by atoms with van der Waals surface area (Å²) in [5.74, 6) is 0.0693. The summed E-state index contributed by atoms with van der Waals surface area (Å²) in [6, 6.07) is 13.8.